The Morgan fingerprint density at radius 3 is 2.94 bits per heavy atom. The largest absolute Gasteiger partial charge is 0.423 e. The highest BCUT2D eigenvalue weighted by Crippen LogP contribution is 2.24. The number of benzene rings is 1. The maximum Gasteiger partial charge on any atom is 0.298 e. The third kappa shape index (κ3) is 1.81. The van der Waals surface area contributed by atoms with E-state index in [9.17, 15) is 0 Å². The fourth-order valence-electron chi connectivity index (χ4n) is 1.88. The van der Waals surface area contributed by atoms with E-state index in [1.807, 2.05) is 18.2 Å². The minimum Gasteiger partial charge on any atom is -0.423 e. The molecule has 0 bridgehead atoms. The molecule has 4 nitrogen and oxygen atoms in total. The zero-order chi connectivity index (χ0) is 11.0. The summed E-state index contributed by atoms with van der Waals surface area (Å²) in [6.07, 6.45) is 0. The van der Waals surface area contributed by atoms with E-state index in [0.29, 0.717) is 0 Å². The van der Waals surface area contributed by atoms with Crippen molar-refractivity contribution in [1.29, 1.82) is 0 Å². The zero-order valence-electron chi connectivity index (χ0n) is 8.74. The second-order valence-corrected chi connectivity index (χ2v) is 4.76. The molecule has 0 spiro atoms. The summed E-state index contributed by atoms with van der Waals surface area (Å²) >= 11 is 3.43. The van der Waals surface area contributed by atoms with E-state index in [-0.39, 0.29) is 0 Å². The summed E-state index contributed by atoms with van der Waals surface area (Å²) in [5, 5.41) is 3.31. The van der Waals surface area contributed by atoms with Crippen LogP contribution in [0.2, 0.25) is 0 Å². The van der Waals surface area contributed by atoms with Crippen molar-refractivity contribution in [3.05, 3.63) is 22.7 Å². The third-order valence-electron chi connectivity index (χ3n) is 2.73. The number of hydrogen-bond donors (Lipinski definition) is 1. The smallest absolute Gasteiger partial charge is 0.298 e. The van der Waals surface area contributed by atoms with Crippen LogP contribution in [0.15, 0.2) is 27.1 Å². The number of aromatic nitrogens is 1. The second kappa shape index (κ2) is 4.07. The number of piperazine rings is 1. The van der Waals surface area contributed by atoms with Crippen molar-refractivity contribution in [3.63, 3.8) is 0 Å². The number of halogens is 1. The second-order valence-electron chi connectivity index (χ2n) is 3.85. The Hall–Kier alpha value is -1.07. The summed E-state index contributed by atoms with van der Waals surface area (Å²) in [5.41, 5.74) is 1.75. The van der Waals surface area contributed by atoms with Crippen molar-refractivity contribution >= 4 is 33.0 Å². The first-order chi connectivity index (χ1) is 7.83. The number of nitrogens with zero attached hydrogens (tertiary/aromatic N) is 2. The van der Waals surface area contributed by atoms with E-state index < -0.39 is 0 Å². The summed E-state index contributed by atoms with van der Waals surface area (Å²) in [6, 6.07) is 6.62. The Bertz CT molecular complexity index is 505. The van der Waals surface area contributed by atoms with Gasteiger partial charge in [-0.05, 0) is 18.2 Å². The summed E-state index contributed by atoms with van der Waals surface area (Å²) in [4.78, 5) is 6.67. The molecule has 0 atom stereocenters. The first-order valence-corrected chi connectivity index (χ1v) is 6.14. The van der Waals surface area contributed by atoms with Crippen LogP contribution in [0.3, 0.4) is 0 Å². The van der Waals surface area contributed by atoms with Gasteiger partial charge in [0.1, 0.15) is 5.52 Å². The van der Waals surface area contributed by atoms with Crippen LogP contribution in [0.25, 0.3) is 11.1 Å². The minimum atomic E-state index is 0.731. The van der Waals surface area contributed by atoms with E-state index in [2.05, 4.69) is 31.1 Å². The molecule has 5 heteroatoms. The van der Waals surface area contributed by atoms with Crippen molar-refractivity contribution < 1.29 is 4.42 Å². The lowest BCUT2D eigenvalue weighted by molar-refractivity contribution is 0.517. The monoisotopic (exact) mass is 281 g/mol. The molecule has 1 N–H and O–H groups in total. The molecule has 0 unspecified atom stereocenters. The van der Waals surface area contributed by atoms with E-state index in [4.69, 9.17) is 4.42 Å². The number of anilines is 1. The molecule has 0 amide bonds. The Balaban J connectivity index is 1.97. The third-order valence-corrected chi connectivity index (χ3v) is 3.22. The van der Waals surface area contributed by atoms with Gasteiger partial charge in [0.05, 0.1) is 0 Å². The molecular weight excluding hydrogens is 270 g/mol. The Labute approximate surface area is 102 Å². The molecule has 1 aliphatic rings. The number of hydrogen-bond acceptors (Lipinski definition) is 4. The van der Waals surface area contributed by atoms with Gasteiger partial charge < -0.3 is 14.6 Å². The first kappa shape index (κ1) is 10.1. The molecule has 1 fully saturated rings. The average molecular weight is 282 g/mol. The number of fused-ring (bicyclic) bond motifs is 1. The Morgan fingerprint density at radius 2 is 2.12 bits per heavy atom. The number of oxazole rings is 1. The predicted molar refractivity (Wildman–Crippen MR) is 66.8 cm³/mol. The van der Waals surface area contributed by atoms with Crippen molar-refractivity contribution in [2.75, 3.05) is 31.1 Å². The maximum absolute atomic E-state index is 5.73. The number of rotatable bonds is 1. The SMILES string of the molecule is Brc1ccc2oc(N3CCNCC3)nc2c1. The van der Waals surface area contributed by atoms with Crippen LogP contribution in [-0.4, -0.2) is 31.2 Å². The van der Waals surface area contributed by atoms with Gasteiger partial charge in [-0.15, -0.1) is 0 Å². The maximum atomic E-state index is 5.73. The van der Waals surface area contributed by atoms with Crippen molar-refractivity contribution in [1.82, 2.24) is 10.3 Å². The summed E-state index contributed by atoms with van der Waals surface area (Å²) in [7, 11) is 0. The van der Waals surface area contributed by atoms with Crippen LogP contribution in [0.4, 0.5) is 6.01 Å². The van der Waals surface area contributed by atoms with Crippen LogP contribution in [0.5, 0.6) is 0 Å². The zero-order valence-corrected chi connectivity index (χ0v) is 10.3. The molecule has 1 aliphatic heterocycles. The molecule has 0 aliphatic carbocycles. The van der Waals surface area contributed by atoms with E-state index in [0.717, 1.165) is 47.8 Å². The van der Waals surface area contributed by atoms with Gasteiger partial charge in [-0.25, -0.2) is 0 Å². The van der Waals surface area contributed by atoms with Crippen molar-refractivity contribution in [3.8, 4) is 0 Å². The summed E-state index contributed by atoms with van der Waals surface area (Å²) in [6.45, 7) is 3.88. The molecule has 0 radical (unpaired) electrons. The molecule has 1 saturated heterocycles. The normalized spacial score (nSPS) is 16.9. The van der Waals surface area contributed by atoms with Gasteiger partial charge in [0.15, 0.2) is 5.58 Å². The van der Waals surface area contributed by atoms with Gasteiger partial charge in [0, 0.05) is 30.7 Å². The van der Waals surface area contributed by atoms with Crippen LogP contribution in [0, 0.1) is 0 Å². The lowest BCUT2D eigenvalue weighted by Gasteiger charge is -2.25. The highest BCUT2D eigenvalue weighted by Gasteiger charge is 2.16. The van der Waals surface area contributed by atoms with Crippen LogP contribution in [-0.2, 0) is 0 Å². The molecule has 0 saturated carbocycles. The fourth-order valence-corrected chi connectivity index (χ4v) is 2.23. The van der Waals surface area contributed by atoms with Crippen LogP contribution < -0.4 is 10.2 Å². The molecule has 1 aromatic carbocycles. The Morgan fingerprint density at radius 1 is 1.31 bits per heavy atom. The first-order valence-electron chi connectivity index (χ1n) is 5.35. The standard InChI is InChI=1S/C11H12BrN3O/c12-8-1-2-10-9(7-8)14-11(16-10)15-5-3-13-4-6-15/h1-2,7,13H,3-6H2. The van der Waals surface area contributed by atoms with Gasteiger partial charge in [0.25, 0.3) is 6.01 Å². The highest BCUT2D eigenvalue weighted by atomic mass is 79.9. The fraction of sp³-hybridized carbons (Fsp3) is 0.364. The molecular formula is C11H12BrN3O. The lowest BCUT2D eigenvalue weighted by atomic mass is 10.3. The van der Waals surface area contributed by atoms with E-state index in [1.54, 1.807) is 0 Å². The minimum absolute atomic E-state index is 0.731. The van der Waals surface area contributed by atoms with Crippen LogP contribution in [0.1, 0.15) is 0 Å². The molecule has 2 aromatic rings. The van der Waals surface area contributed by atoms with Gasteiger partial charge in [-0.3, -0.25) is 0 Å². The highest BCUT2D eigenvalue weighted by molar-refractivity contribution is 9.10. The predicted octanol–water partition coefficient (Wildman–Crippen LogP) is 2.00. The Kier molecular flexibility index (Phi) is 2.57. The van der Waals surface area contributed by atoms with Gasteiger partial charge in [-0.2, -0.15) is 4.98 Å². The van der Waals surface area contributed by atoms with E-state index >= 15 is 0 Å². The molecule has 2 heterocycles. The summed E-state index contributed by atoms with van der Waals surface area (Å²) < 4.78 is 6.76. The van der Waals surface area contributed by atoms with Crippen molar-refractivity contribution in [2.45, 2.75) is 0 Å². The van der Waals surface area contributed by atoms with Crippen LogP contribution >= 0.6 is 15.9 Å². The molecule has 3 rings (SSSR count). The number of nitrogens with one attached hydrogen (secondary N) is 1. The molecule has 84 valence electrons. The average Bonchev–Trinajstić information content (AvgIpc) is 2.73. The summed E-state index contributed by atoms with van der Waals surface area (Å²) in [5.74, 6) is 0. The van der Waals surface area contributed by atoms with Crippen molar-refractivity contribution in [2.24, 2.45) is 0 Å². The lowest BCUT2D eigenvalue weighted by Crippen LogP contribution is -2.43. The quantitative estimate of drug-likeness (QED) is 0.868. The van der Waals surface area contributed by atoms with E-state index in [1.165, 1.54) is 0 Å². The molecule has 16 heavy (non-hydrogen) atoms. The molecule has 1 aromatic heterocycles. The topological polar surface area (TPSA) is 41.3 Å². The van der Waals surface area contributed by atoms with Gasteiger partial charge in [0.2, 0.25) is 0 Å². The van der Waals surface area contributed by atoms with Gasteiger partial charge >= 0.3 is 0 Å². The van der Waals surface area contributed by atoms with Gasteiger partial charge in [-0.1, -0.05) is 15.9 Å².